The third kappa shape index (κ3) is 2.39. The summed E-state index contributed by atoms with van der Waals surface area (Å²) in [5, 5.41) is 9.07. The molecular formula is C15H16N2O2. The highest BCUT2D eigenvalue weighted by atomic mass is 16.5. The van der Waals surface area contributed by atoms with Crippen LogP contribution in [-0.2, 0) is 6.61 Å². The van der Waals surface area contributed by atoms with E-state index in [9.17, 15) is 0 Å². The standard InChI is InChI=1S/C15H16N2O2/c18-11-12-6-7-15(16-10-12)17-8-3-9-19-14-5-2-1-4-13(14)17/h1-2,4-7,10,18H,3,8-9,11H2. The Morgan fingerprint density at radius 1 is 1.21 bits per heavy atom. The highest BCUT2D eigenvalue weighted by Crippen LogP contribution is 2.34. The van der Waals surface area contributed by atoms with E-state index in [2.05, 4.69) is 9.88 Å². The molecule has 0 saturated heterocycles. The van der Waals surface area contributed by atoms with Crippen LogP contribution in [0.4, 0.5) is 11.5 Å². The van der Waals surface area contributed by atoms with Crippen molar-refractivity contribution in [3.63, 3.8) is 0 Å². The molecule has 0 spiro atoms. The normalized spacial score (nSPS) is 14.5. The zero-order valence-electron chi connectivity index (χ0n) is 10.6. The minimum absolute atomic E-state index is 0.0208. The number of rotatable bonds is 2. The molecule has 4 heteroatoms. The average Bonchev–Trinajstić information content (AvgIpc) is 2.70. The molecule has 0 bridgehead atoms. The number of aliphatic hydroxyl groups excluding tert-OH is 1. The Morgan fingerprint density at radius 2 is 2.11 bits per heavy atom. The van der Waals surface area contributed by atoms with E-state index < -0.39 is 0 Å². The fourth-order valence-corrected chi connectivity index (χ4v) is 2.24. The van der Waals surface area contributed by atoms with Gasteiger partial charge >= 0.3 is 0 Å². The lowest BCUT2D eigenvalue weighted by Gasteiger charge is -2.22. The second-order valence-electron chi connectivity index (χ2n) is 4.50. The number of hydrogen-bond donors (Lipinski definition) is 1. The van der Waals surface area contributed by atoms with Gasteiger partial charge in [0.15, 0.2) is 0 Å². The third-order valence-electron chi connectivity index (χ3n) is 3.21. The summed E-state index contributed by atoms with van der Waals surface area (Å²) in [5.41, 5.74) is 1.87. The molecule has 0 amide bonds. The van der Waals surface area contributed by atoms with Crippen molar-refractivity contribution in [3.05, 3.63) is 48.2 Å². The second kappa shape index (κ2) is 5.28. The molecule has 0 atom stereocenters. The zero-order valence-corrected chi connectivity index (χ0v) is 10.6. The topological polar surface area (TPSA) is 45.6 Å². The molecule has 0 radical (unpaired) electrons. The summed E-state index contributed by atoms with van der Waals surface area (Å²) in [6.45, 7) is 1.62. The largest absolute Gasteiger partial charge is 0.491 e. The first-order valence-corrected chi connectivity index (χ1v) is 6.43. The van der Waals surface area contributed by atoms with E-state index in [-0.39, 0.29) is 6.61 Å². The van der Waals surface area contributed by atoms with Gasteiger partial charge in [0, 0.05) is 12.7 Å². The van der Waals surface area contributed by atoms with Gasteiger partial charge in [-0.15, -0.1) is 0 Å². The van der Waals surface area contributed by atoms with Gasteiger partial charge in [-0.2, -0.15) is 0 Å². The van der Waals surface area contributed by atoms with Gasteiger partial charge in [0.25, 0.3) is 0 Å². The van der Waals surface area contributed by atoms with Crippen molar-refractivity contribution in [1.29, 1.82) is 0 Å². The molecule has 1 aromatic carbocycles. The minimum Gasteiger partial charge on any atom is -0.491 e. The minimum atomic E-state index is 0.0208. The van der Waals surface area contributed by atoms with Gasteiger partial charge in [0.05, 0.1) is 18.9 Å². The Hall–Kier alpha value is -2.07. The SMILES string of the molecule is OCc1ccc(N2CCCOc3ccccc32)nc1. The van der Waals surface area contributed by atoms with Crippen molar-refractivity contribution in [1.82, 2.24) is 4.98 Å². The lowest BCUT2D eigenvalue weighted by atomic mass is 10.2. The van der Waals surface area contributed by atoms with Crippen LogP contribution in [0.3, 0.4) is 0 Å². The van der Waals surface area contributed by atoms with Crippen LogP contribution < -0.4 is 9.64 Å². The first-order chi connectivity index (χ1) is 9.38. The Morgan fingerprint density at radius 3 is 2.89 bits per heavy atom. The summed E-state index contributed by atoms with van der Waals surface area (Å²) in [6.07, 6.45) is 2.67. The number of pyridine rings is 1. The van der Waals surface area contributed by atoms with E-state index in [4.69, 9.17) is 9.84 Å². The van der Waals surface area contributed by atoms with Crippen LogP contribution in [-0.4, -0.2) is 23.2 Å². The van der Waals surface area contributed by atoms with E-state index >= 15 is 0 Å². The molecule has 2 heterocycles. The molecule has 0 unspecified atom stereocenters. The van der Waals surface area contributed by atoms with Gasteiger partial charge in [-0.05, 0) is 30.2 Å². The molecule has 2 aromatic rings. The van der Waals surface area contributed by atoms with Crippen molar-refractivity contribution < 1.29 is 9.84 Å². The van der Waals surface area contributed by atoms with E-state index in [0.29, 0.717) is 0 Å². The van der Waals surface area contributed by atoms with Crippen LogP contribution in [0.1, 0.15) is 12.0 Å². The quantitative estimate of drug-likeness (QED) is 0.896. The summed E-state index contributed by atoms with van der Waals surface area (Å²) < 4.78 is 5.74. The van der Waals surface area contributed by atoms with E-state index in [1.165, 1.54) is 0 Å². The fourth-order valence-electron chi connectivity index (χ4n) is 2.24. The van der Waals surface area contributed by atoms with E-state index in [1.54, 1.807) is 6.20 Å². The third-order valence-corrected chi connectivity index (χ3v) is 3.21. The number of nitrogens with zero attached hydrogens (tertiary/aromatic N) is 2. The maximum atomic E-state index is 9.07. The van der Waals surface area contributed by atoms with Crippen molar-refractivity contribution in [2.75, 3.05) is 18.1 Å². The fraction of sp³-hybridized carbons (Fsp3) is 0.267. The summed E-state index contributed by atoms with van der Waals surface area (Å²) in [4.78, 5) is 6.58. The Kier molecular flexibility index (Phi) is 3.33. The first-order valence-electron chi connectivity index (χ1n) is 6.43. The zero-order chi connectivity index (χ0) is 13.1. The number of para-hydroxylation sites is 2. The number of hydrogen-bond acceptors (Lipinski definition) is 4. The van der Waals surface area contributed by atoms with Crippen LogP contribution in [0, 0.1) is 0 Å². The van der Waals surface area contributed by atoms with Crippen molar-refractivity contribution >= 4 is 11.5 Å². The van der Waals surface area contributed by atoms with Crippen LogP contribution in [0.2, 0.25) is 0 Å². The lowest BCUT2D eigenvalue weighted by molar-refractivity contribution is 0.281. The molecule has 1 aromatic heterocycles. The molecule has 0 fully saturated rings. The maximum absolute atomic E-state index is 9.07. The summed E-state index contributed by atoms with van der Waals surface area (Å²) in [6, 6.07) is 11.8. The number of aromatic nitrogens is 1. The summed E-state index contributed by atoms with van der Waals surface area (Å²) in [7, 11) is 0. The number of fused-ring (bicyclic) bond motifs is 1. The smallest absolute Gasteiger partial charge is 0.142 e. The summed E-state index contributed by atoms with van der Waals surface area (Å²) in [5.74, 6) is 1.78. The molecule has 19 heavy (non-hydrogen) atoms. The van der Waals surface area contributed by atoms with Gasteiger partial charge in [-0.1, -0.05) is 18.2 Å². The monoisotopic (exact) mass is 256 g/mol. The molecular weight excluding hydrogens is 240 g/mol. The number of ether oxygens (including phenoxy) is 1. The van der Waals surface area contributed by atoms with Crippen molar-refractivity contribution in [3.8, 4) is 5.75 Å². The number of aliphatic hydroxyl groups is 1. The molecule has 1 aliphatic rings. The van der Waals surface area contributed by atoms with E-state index in [0.717, 1.165) is 42.4 Å². The van der Waals surface area contributed by atoms with Crippen LogP contribution >= 0.6 is 0 Å². The lowest BCUT2D eigenvalue weighted by Crippen LogP contribution is -2.18. The van der Waals surface area contributed by atoms with Crippen LogP contribution in [0.15, 0.2) is 42.6 Å². The van der Waals surface area contributed by atoms with Gasteiger partial charge in [-0.3, -0.25) is 0 Å². The molecule has 98 valence electrons. The predicted molar refractivity (Wildman–Crippen MR) is 73.7 cm³/mol. The van der Waals surface area contributed by atoms with Crippen LogP contribution in [0.25, 0.3) is 0 Å². The first kappa shape index (κ1) is 12.0. The predicted octanol–water partition coefficient (Wildman–Crippen LogP) is 2.49. The van der Waals surface area contributed by atoms with Gasteiger partial charge in [0.2, 0.25) is 0 Å². The second-order valence-corrected chi connectivity index (χ2v) is 4.50. The molecule has 1 aliphatic heterocycles. The Balaban J connectivity index is 1.99. The van der Waals surface area contributed by atoms with Gasteiger partial charge < -0.3 is 14.7 Å². The Labute approximate surface area is 112 Å². The van der Waals surface area contributed by atoms with E-state index in [1.807, 2.05) is 36.4 Å². The highest BCUT2D eigenvalue weighted by molar-refractivity contribution is 5.67. The van der Waals surface area contributed by atoms with Crippen molar-refractivity contribution in [2.24, 2.45) is 0 Å². The average molecular weight is 256 g/mol. The molecule has 4 nitrogen and oxygen atoms in total. The molecule has 0 saturated carbocycles. The van der Waals surface area contributed by atoms with Crippen LogP contribution in [0.5, 0.6) is 5.75 Å². The van der Waals surface area contributed by atoms with Gasteiger partial charge in [-0.25, -0.2) is 4.98 Å². The highest BCUT2D eigenvalue weighted by Gasteiger charge is 2.17. The maximum Gasteiger partial charge on any atom is 0.142 e. The molecule has 1 N–H and O–H groups in total. The Bertz CT molecular complexity index is 554. The van der Waals surface area contributed by atoms with Crippen molar-refractivity contribution in [2.45, 2.75) is 13.0 Å². The molecule has 3 rings (SSSR count). The number of anilines is 2. The summed E-state index contributed by atoms with van der Waals surface area (Å²) >= 11 is 0. The molecule has 0 aliphatic carbocycles. The van der Waals surface area contributed by atoms with Gasteiger partial charge in [0.1, 0.15) is 11.6 Å². The number of benzene rings is 1.